The van der Waals surface area contributed by atoms with Gasteiger partial charge < -0.3 is 10.2 Å². The molecule has 3 N–H and O–H groups in total. The average molecular weight is 451 g/mol. The topological polar surface area (TPSA) is 125 Å². The SMILES string of the molecule is CC(=O)NS(=O)(=O)c1ccc(NC(=O)C2CCCN(C(=O)Nc3cccs3)C2)cc1. The second kappa shape index (κ2) is 9.26. The number of likely N-dealkylation sites (tertiary alicyclic amines) is 1. The van der Waals surface area contributed by atoms with Gasteiger partial charge in [-0.2, -0.15) is 0 Å². The molecule has 9 nitrogen and oxygen atoms in total. The predicted octanol–water partition coefficient (Wildman–Crippen LogP) is 2.46. The van der Waals surface area contributed by atoms with Crippen molar-refractivity contribution in [3.8, 4) is 0 Å². The Morgan fingerprint density at radius 3 is 2.47 bits per heavy atom. The normalized spacial score (nSPS) is 16.6. The molecule has 1 aromatic carbocycles. The lowest BCUT2D eigenvalue weighted by atomic mass is 9.97. The van der Waals surface area contributed by atoms with E-state index >= 15 is 0 Å². The number of piperidine rings is 1. The van der Waals surface area contributed by atoms with Crippen LogP contribution in [0.4, 0.5) is 15.5 Å². The van der Waals surface area contributed by atoms with Gasteiger partial charge in [-0.3, -0.25) is 14.9 Å². The fourth-order valence-corrected chi connectivity index (χ4v) is 4.72. The number of nitrogens with zero attached hydrogens (tertiary/aromatic N) is 1. The Kier molecular flexibility index (Phi) is 6.73. The van der Waals surface area contributed by atoms with E-state index in [1.54, 1.807) is 4.90 Å². The molecule has 1 unspecified atom stereocenters. The van der Waals surface area contributed by atoms with Crippen LogP contribution in [-0.2, 0) is 19.6 Å². The first-order valence-corrected chi connectivity index (χ1v) is 11.6. The highest BCUT2D eigenvalue weighted by Crippen LogP contribution is 2.22. The van der Waals surface area contributed by atoms with E-state index in [1.807, 2.05) is 22.2 Å². The van der Waals surface area contributed by atoms with Crippen LogP contribution in [0.2, 0.25) is 0 Å². The summed E-state index contributed by atoms with van der Waals surface area (Å²) in [5, 5.41) is 8.20. The second-order valence-corrected chi connectivity index (χ2v) is 9.50. The number of rotatable bonds is 5. The summed E-state index contributed by atoms with van der Waals surface area (Å²) in [5.41, 5.74) is 0.432. The van der Waals surface area contributed by atoms with Crippen molar-refractivity contribution < 1.29 is 22.8 Å². The molecule has 2 heterocycles. The standard InChI is InChI=1S/C19H22N4O5S2/c1-13(24)22-30(27,28)16-8-6-15(7-9-16)20-18(25)14-4-2-10-23(12-14)19(26)21-17-5-3-11-29-17/h3,5-9,11,14H,2,4,10,12H2,1H3,(H,20,25)(H,21,26)(H,22,24). The number of sulfonamides is 1. The van der Waals surface area contributed by atoms with E-state index in [-0.39, 0.29) is 22.8 Å². The van der Waals surface area contributed by atoms with Crippen LogP contribution < -0.4 is 15.4 Å². The van der Waals surface area contributed by atoms with E-state index in [0.29, 0.717) is 31.6 Å². The van der Waals surface area contributed by atoms with Gasteiger partial charge in [-0.25, -0.2) is 17.9 Å². The first-order valence-electron chi connectivity index (χ1n) is 9.28. The summed E-state index contributed by atoms with van der Waals surface area (Å²) in [6, 6.07) is 8.95. The van der Waals surface area contributed by atoms with Gasteiger partial charge in [-0.1, -0.05) is 0 Å². The second-order valence-electron chi connectivity index (χ2n) is 6.87. The lowest BCUT2D eigenvalue weighted by Gasteiger charge is -2.31. The number of hydrogen-bond acceptors (Lipinski definition) is 6. The van der Waals surface area contributed by atoms with Crippen molar-refractivity contribution in [1.82, 2.24) is 9.62 Å². The van der Waals surface area contributed by atoms with Crippen molar-refractivity contribution in [3.63, 3.8) is 0 Å². The highest BCUT2D eigenvalue weighted by Gasteiger charge is 2.28. The van der Waals surface area contributed by atoms with Crippen molar-refractivity contribution in [2.75, 3.05) is 23.7 Å². The molecule has 1 saturated heterocycles. The number of anilines is 2. The number of thiophene rings is 1. The molecule has 0 bridgehead atoms. The number of amides is 4. The quantitative estimate of drug-likeness (QED) is 0.645. The van der Waals surface area contributed by atoms with Crippen LogP contribution in [0.15, 0.2) is 46.7 Å². The van der Waals surface area contributed by atoms with E-state index < -0.39 is 15.9 Å². The Hall–Kier alpha value is -2.92. The molecule has 3 rings (SSSR count). The van der Waals surface area contributed by atoms with Crippen LogP contribution >= 0.6 is 11.3 Å². The molecule has 1 atom stereocenters. The number of benzene rings is 1. The third kappa shape index (κ3) is 5.57. The molecule has 0 spiro atoms. The molecule has 0 radical (unpaired) electrons. The van der Waals surface area contributed by atoms with E-state index in [0.717, 1.165) is 11.9 Å². The highest BCUT2D eigenvalue weighted by atomic mass is 32.2. The predicted molar refractivity (Wildman–Crippen MR) is 114 cm³/mol. The summed E-state index contributed by atoms with van der Waals surface area (Å²) >= 11 is 1.43. The number of urea groups is 1. The van der Waals surface area contributed by atoms with Gasteiger partial charge in [0.2, 0.25) is 11.8 Å². The zero-order valence-electron chi connectivity index (χ0n) is 16.3. The number of carbonyl (C=O) groups is 3. The Labute approximate surface area is 178 Å². The molecule has 0 aliphatic carbocycles. The fraction of sp³-hybridized carbons (Fsp3) is 0.316. The van der Waals surface area contributed by atoms with Crippen LogP contribution in [-0.4, -0.2) is 44.3 Å². The maximum atomic E-state index is 12.6. The number of carbonyl (C=O) groups excluding carboxylic acids is 3. The zero-order valence-corrected chi connectivity index (χ0v) is 17.9. The van der Waals surface area contributed by atoms with Crippen LogP contribution in [0.5, 0.6) is 0 Å². The Bertz CT molecular complexity index is 1020. The highest BCUT2D eigenvalue weighted by molar-refractivity contribution is 7.90. The van der Waals surface area contributed by atoms with Crippen molar-refractivity contribution in [2.24, 2.45) is 5.92 Å². The van der Waals surface area contributed by atoms with Gasteiger partial charge in [0, 0.05) is 25.7 Å². The molecule has 11 heteroatoms. The van der Waals surface area contributed by atoms with E-state index in [4.69, 9.17) is 0 Å². The Morgan fingerprint density at radius 2 is 1.83 bits per heavy atom. The Morgan fingerprint density at radius 1 is 1.10 bits per heavy atom. The smallest absolute Gasteiger partial charge is 0.322 e. The number of hydrogen-bond donors (Lipinski definition) is 3. The van der Waals surface area contributed by atoms with Gasteiger partial charge in [0.25, 0.3) is 10.0 Å². The third-order valence-corrected chi connectivity index (χ3v) is 6.78. The molecule has 160 valence electrons. The summed E-state index contributed by atoms with van der Waals surface area (Å²) in [4.78, 5) is 37.6. The number of nitrogens with one attached hydrogen (secondary N) is 3. The van der Waals surface area contributed by atoms with Gasteiger partial charge in [0.05, 0.1) is 15.8 Å². The van der Waals surface area contributed by atoms with Crippen molar-refractivity contribution in [3.05, 3.63) is 41.8 Å². The summed E-state index contributed by atoms with van der Waals surface area (Å²) in [6.07, 6.45) is 1.37. The summed E-state index contributed by atoms with van der Waals surface area (Å²) in [5.74, 6) is -1.28. The molecule has 1 aliphatic heterocycles. The summed E-state index contributed by atoms with van der Waals surface area (Å²) in [7, 11) is -3.93. The van der Waals surface area contributed by atoms with Crippen LogP contribution in [0.3, 0.4) is 0 Å². The molecular weight excluding hydrogens is 428 g/mol. The van der Waals surface area contributed by atoms with Crippen LogP contribution in [0.1, 0.15) is 19.8 Å². The maximum Gasteiger partial charge on any atom is 0.322 e. The molecule has 1 fully saturated rings. The van der Waals surface area contributed by atoms with Crippen molar-refractivity contribution in [1.29, 1.82) is 0 Å². The van der Waals surface area contributed by atoms with Crippen LogP contribution in [0, 0.1) is 5.92 Å². The zero-order chi connectivity index (χ0) is 21.7. The van der Waals surface area contributed by atoms with Gasteiger partial charge in [0.15, 0.2) is 0 Å². The molecule has 4 amide bonds. The van der Waals surface area contributed by atoms with Crippen LogP contribution in [0.25, 0.3) is 0 Å². The van der Waals surface area contributed by atoms with Gasteiger partial charge >= 0.3 is 6.03 Å². The Balaban J connectivity index is 1.58. The molecular formula is C19H22N4O5S2. The minimum atomic E-state index is -3.93. The maximum absolute atomic E-state index is 12.6. The summed E-state index contributed by atoms with van der Waals surface area (Å²) < 4.78 is 25.8. The minimum absolute atomic E-state index is 0.0789. The first kappa shape index (κ1) is 21.8. The average Bonchev–Trinajstić information content (AvgIpc) is 3.20. The largest absolute Gasteiger partial charge is 0.326 e. The third-order valence-electron chi connectivity index (χ3n) is 4.54. The molecule has 1 aromatic heterocycles. The summed E-state index contributed by atoms with van der Waals surface area (Å²) in [6.45, 7) is 2.00. The molecule has 1 aliphatic rings. The monoisotopic (exact) mass is 450 g/mol. The lowest BCUT2D eigenvalue weighted by Crippen LogP contribution is -2.45. The van der Waals surface area contributed by atoms with Gasteiger partial charge in [0.1, 0.15) is 0 Å². The molecule has 0 saturated carbocycles. The van der Waals surface area contributed by atoms with E-state index in [2.05, 4.69) is 10.6 Å². The first-order chi connectivity index (χ1) is 14.2. The van der Waals surface area contributed by atoms with E-state index in [1.165, 1.54) is 35.6 Å². The van der Waals surface area contributed by atoms with Gasteiger partial charge in [-0.05, 0) is 54.6 Å². The van der Waals surface area contributed by atoms with Crippen molar-refractivity contribution in [2.45, 2.75) is 24.7 Å². The fourth-order valence-electron chi connectivity index (χ4n) is 3.12. The lowest BCUT2D eigenvalue weighted by molar-refractivity contribution is -0.121. The van der Waals surface area contributed by atoms with E-state index in [9.17, 15) is 22.8 Å². The molecule has 2 aromatic rings. The molecule has 30 heavy (non-hydrogen) atoms. The minimum Gasteiger partial charge on any atom is -0.326 e. The van der Waals surface area contributed by atoms with Crippen molar-refractivity contribution >= 4 is 49.9 Å². The van der Waals surface area contributed by atoms with Gasteiger partial charge in [-0.15, -0.1) is 11.3 Å².